The zero-order chi connectivity index (χ0) is 22.1. The van der Waals surface area contributed by atoms with Gasteiger partial charge in [-0.05, 0) is 36.6 Å². The highest BCUT2D eigenvalue weighted by atomic mass is 19.1. The van der Waals surface area contributed by atoms with Gasteiger partial charge in [-0.2, -0.15) is 0 Å². The number of nitrogens with one attached hydrogen (secondary N) is 2. The van der Waals surface area contributed by atoms with Crippen LogP contribution < -0.4 is 15.4 Å². The minimum absolute atomic E-state index is 0.0953. The molecule has 0 aliphatic heterocycles. The van der Waals surface area contributed by atoms with Gasteiger partial charge in [0.25, 0.3) is 0 Å². The number of nitrogens with zero attached hydrogens (tertiary/aromatic N) is 3. The van der Waals surface area contributed by atoms with Crippen molar-refractivity contribution in [1.82, 2.24) is 20.2 Å². The van der Waals surface area contributed by atoms with Gasteiger partial charge in [-0.1, -0.05) is 37.3 Å². The number of halogens is 1. The summed E-state index contributed by atoms with van der Waals surface area (Å²) in [4.78, 5) is 8.57. The number of ether oxygens (including phenoxy) is 1. The molecule has 31 heavy (non-hydrogen) atoms. The third-order valence-corrected chi connectivity index (χ3v) is 5.00. The Bertz CT molecular complexity index is 1000. The lowest BCUT2D eigenvalue weighted by Gasteiger charge is -2.20. The quantitative estimate of drug-likeness (QED) is 0.405. The van der Waals surface area contributed by atoms with E-state index in [1.807, 2.05) is 26.2 Å². The minimum atomic E-state index is -0.303. The molecule has 1 heterocycles. The summed E-state index contributed by atoms with van der Waals surface area (Å²) in [7, 11) is 1.74. The van der Waals surface area contributed by atoms with Crippen molar-refractivity contribution >= 4 is 5.96 Å². The SMILES string of the molecule is CCC(CNC(=NC)NCc1cccc(Cn2ccnc2C)c1)Oc1cccc(F)c1. The van der Waals surface area contributed by atoms with Crippen LogP contribution in [0.5, 0.6) is 5.75 Å². The first-order valence-electron chi connectivity index (χ1n) is 10.5. The second-order valence-corrected chi connectivity index (χ2v) is 7.33. The van der Waals surface area contributed by atoms with Crippen molar-refractivity contribution in [2.75, 3.05) is 13.6 Å². The maximum absolute atomic E-state index is 13.4. The summed E-state index contributed by atoms with van der Waals surface area (Å²) in [6.07, 6.45) is 4.50. The van der Waals surface area contributed by atoms with Gasteiger partial charge < -0.3 is 19.9 Å². The number of guanidine groups is 1. The molecule has 1 aromatic heterocycles. The Hall–Kier alpha value is -3.35. The molecular weight excluding hydrogens is 393 g/mol. The highest BCUT2D eigenvalue weighted by Crippen LogP contribution is 2.15. The second kappa shape index (κ2) is 11.2. The summed E-state index contributed by atoms with van der Waals surface area (Å²) in [5, 5.41) is 6.63. The van der Waals surface area contributed by atoms with Crippen LogP contribution in [0.25, 0.3) is 0 Å². The number of aliphatic imine (C=N–C) groups is 1. The van der Waals surface area contributed by atoms with E-state index in [-0.39, 0.29) is 11.9 Å². The van der Waals surface area contributed by atoms with E-state index in [0.29, 0.717) is 24.8 Å². The third kappa shape index (κ3) is 6.84. The fourth-order valence-corrected chi connectivity index (χ4v) is 3.22. The van der Waals surface area contributed by atoms with Crippen LogP contribution in [0, 0.1) is 12.7 Å². The molecule has 3 aromatic rings. The van der Waals surface area contributed by atoms with Gasteiger partial charge in [0, 0.05) is 38.6 Å². The van der Waals surface area contributed by atoms with Crippen molar-refractivity contribution in [1.29, 1.82) is 0 Å². The van der Waals surface area contributed by atoms with Crippen LogP contribution in [-0.2, 0) is 13.1 Å². The first kappa shape index (κ1) is 22.3. The highest BCUT2D eigenvalue weighted by molar-refractivity contribution is 5.79. The van der Waals surface area contributed by atoms with Crippen LogP contribution in [0.15, 0.2) is 65.9 Å². The van der Waals surface area contributed by atoms with Crippen LogP contribution in [-0.4, -0.2) is 35.2 Å². The molecule has 0 radical (unpaired) electrons. The second-order valence-electron chi connectivity index (χ2n) is 7.33. The fourth-order valence-electron chi connectivity index (χ4n) is 3.22. The molecule has 0 saturated carbocycles. The molecule has 1 atom stereocenters. The van der Waals surface area contributed by atoms with Crippen LogP contribution in [0.2, 0.25) is 0 Å². The maximum Gasteiger partial charge on any atom is 0.191 e. The monoisotopic (exact) mass is 423 g/mol. The Labute approximate surface area is 183 Å². The molecule has 0 fully saturated rings. The molecule has 3 rings (SSSR count). The molecule has 6 nitrogen and oxygen atoms in total. The van der Waals surface area contributed by atoms with Crippen molar-refractivity contribution in [2.24, 2.45) is 4.99 Å². The topological polar surface area (TPSA) is 63.5 Å². The van der Waals surface area contributed by atoms with Crippen molar-refractivity contribution in [3.63, 3.8) is 0 Å². The average Bonchev–Trinajstić information content (AvgIpc) is 3.17. The highest BCUT2D eigenvalue weighted by Gasteiger charge is 2.10. The average molecular weight is 424 g/mol. The van der Waals surface area contributed by atoms with Gasteiger partial charge in [0.1, 0.15) is 23.5 Å². The summed E-state index contributed by atoms with van der Waals surface area (Å²) in [6, 6.07) is 14.7. The molecule has 2 N–H and O–H groups in total. The van der Waals surface area contributed by atoms with Crippen molar-refractivity contribution < 1.29 is 9.13 Å². The Morgan fingerprint density at radius 1 is 1.16 bits per heavy atom. The molecule has 7 heteroatoms. The Kier molecular flexibility index (Phi) is 8.04. The zero-order valence-electron chi connectivity index (χ0n) is 18.3. The van der Waals surface area contributed by atoms with E-state index in [1.54, 1.807) is 19.2 Å². The molecule has 0 amide bonds. The van der Waals surface area contributed by atoms with Crippen LogP contribution in [0.1, 0.15) is 30.3 Å². The van der Waals surface area contributed by atoms with Crippen molar-refractivity contribution in [3.8, 4) is 5.75 Å². The summed E-state index contributed by atoms with van der Waals surface area (Å²) >= 11 is 0. The normalized spacial score (nSPS) is 12.5. The van der Waals surface area contributed by atoms with Gasteiger partial charge in [0.15, 0.2) is 5.96 Å². The lowest BCUT2D eigenvalue weighted by molar-refractivity contribution is 0.199. The number of hydrogen-bond acceptors (Lipinski definition) is 3. The summed E-state index contributed by atoms with van der Waals surface area (Å²) < 4.78 is 21.4. The first-order chi connectivity index (χ1) is 15.1. The van der Waals surface area contributed by atoms with E-state index in [0.717, 1.165) is 18.8 Å². The van der Waals surface area contributed by atoms with E-state index in [2.05, 4.69) is 49.4 Å². The van der Waals surface area contributed by atoms with Crippen LogP contribution >= 0.6 is 0 Å². The zero-order valence-corrected chi connectivity index (χ0v) is 18.3. The first-order valence-corrected chi connectivity index (χ1v) is 10.5. The van der Waals surface area contributed by atoms with Gasteiger partial charge >= 0.3 is 0 Å². The molecule has 0 bridgehead atoms. The van der Waals surface area contributed by atoms with E-state index < -0.39 is 0 Å². The number of benzene rings is 2. The molecule has 1 unspecified atom stereocenters. The molecule has 164 valence electrons. The van der Waals surface area contributed by atoms with Crippen molar-refractivity contribution in [3.05, 3.63) is 83.7 Å². The maximum atomic E-state index is 13.4. The predicted octanol–water partition coefficient (Wildman–Crippen LogP) is 3.90. The number of aromatic nitrogens is 2. The molecule has 0 aliphatic carbocycles. The smallest absolute Gasteiger partial charge is 0.191 e. The van der Waals surface area contributed by atoms with Gasteiger partial charge in [-0.3, -0.25) is 4.99 Å². The van der Waals surface area contributed by atoms with Gasteiger partial charge in [0.05, 0.1) is 6.54 Å². The Morgan fingerprint density at radius 2 is 1.97 bits per heavy atom. The molecule has 0 aliphatic rings. The van der Waals surface area contributed by atoms with Crippen LogP contribution in [0.3, 0.4) is 0 Å². The molecular formula is C24H30FN5O. The standard InChI is InChI=1S/C24H30FN5O/c1-4-22(31-23-10-6-9-21(25)14-23)16-29-24(26-3)28-15-19-7-5-8-20(13-19)17-30-12-11-27-18(30)2/h5-14,22H,4,15-17H2,1-3H3,(H2,26,28,29). The predicted molar refractivity (Wildman–Crippen MR) is 122 cm³/mol. The molecule has 2 aromatic carbocycles. The number of aryl methyl sites for hydroxylation is 1. The number of rotatable bonds is 9. The lowest BCUT2D eigenvalue weighted by atomic mass is 10.1. The van der Waals surface area contributed by atoms with Gasteiger partial charge in [-0.15, -0.1) is 0 Å². The largest absolute Gasteiger partial charge is 0.489 e. The Morgan fingerprint density at radius 3 is 2.68 bits per heavy atom. The third-order valence-electron chi connectivity index (χ3n) is 5.00. The fraction of sp³-hybridized carbons (Fsp3) is 0.333. The van der Waals surface area contributed by atoms with Gasteiger partial charge in [-0.25, -0.2) is 9.37 Å². The van der Waals surface area contributed by atoms with Crippen LogP contribution in [0.4, 0.5) is 4.39 Å². The Balaban J connectivity index is 1.51. The minimum Gasteiger partial charge on any atom is -0.489 e. The van der Waals surface area contributed by atoms with E-state index >= 15 is 0 Å². The summed E-state index contributed by atoms with van der Waals surface area (Å²) in [5.74, 6) is 1.92. The molecule has 0 spiro atoms. The van der Waals surface area contributed by atoms with E-state index in [9.17, 15) is 4.39 Å². The lowest BCUT2D eigenvalue weighted by Crippen LogP contribution is -2.42. The number of imidazole rings is 1. The number of hydrogen-bond donors (Lipinski definition) is 2. The van der Waals surface area contributed by atoms with Crippen molar-refractivity contribution in [2.45, 2.75) is 39.5 Å². The van der Waals surface area contributed by atoms with Gasteiger partial charge in [0.2, 0.25) is 0 Å². The van der Waals surface area contributed by atoms with E-state index in [1.165, 1.54) is 23.3 Å². The summed E-state index contributed by atoms with van der Waals surface area (Å²) in [6.45, 7) is 6.05. The summed E-state index contributed by atoms with van der Waals surface area (Å²) in [5.41, 5.74) is 2.39. The van der Waals surface area contributed by atoms with E-state index in [4.69, 9.17) is 4.74 Å². The molecule has 0 saturated heterocycles.